The zero-order valence-corrected chi connectivity index (χ0v) is 13.3. The first-order chi connectivity index (χ1) is 11.0. The molecule has 0 saturated heterocycles. The summed E-state index contributed by atoms with van der Waals surface area (Å²) in [6.07, 6.45) is 0.715. The predicted octanol–water partition coefficient (Wildman–Crippen LogP) is 2.38. The fraction of sp³-hybridized carbons (Fsp3) is 0.188. The Bertz CT molecular complexity index is 862. The van der Waals surface area contributed by atoms with Crippen LogP contribution in [0.2, 0.25) is 0 Å². The summed E-state index contributed by atoms with van der Waals surface area (Å²) < 4.78 is 33.0. The number of para-hydroxylation sites is 1. The second kappa shape index (κ2) is 5.92. The van der Waals surface area contributed by atoms with E-state index in [9.17, 15) is 13.2 Å². The summed E-state index contributed by atoms with van der Waals surface area (Å²) in [7, 11) is -3.75. The number of amides is 1. The molecule has 2 aromatic rings. The normalized spacial score (nSPS) is 13.7. The third-order valence-electron chi connectivity index (χ3n) is 3.54. The summed E-state index contributed by atoms with van der Waals surface area (Å²) in [5, 5.41) is 2.60. The average molecular weight is 332 g/mol. The van der Waals surface area contributed by atoms with Gasteiger partial charge in [0.25, 0.3) is 15.9 Å². The summed E-state index contributed by atoms with van der Waals surface area (Å²) in [4.78, 5) is 11.4. The third-order valence-corrected chi connectivity index (χ3v) is 4.90. The van der Waals surface area contributed by atoms with E-state index in [1.807, 2.05) is 19.1 Å². The molecule has 0 aromatic heterocycles. The van der Waals surface area contributed by atoms with Gasteiger partial charge >= 0.3 is 0 Å². The number of rotatable bonds is 4. The first-order valence-electron chi connectivity index (χ1n) is 7.17. The summed E-state index contributed by atoms with van der Waals surface area (Å²) in [6.45, 7) is 1.89. The molecule has 1 aliphatic rings. The molecule has 0 saturated carbocycles. The molecule has 1 aliphatic heterocycles. The van der Waals surface area contributed by atoms with Gasteiger partial charge in [-0.15, -0.1) is 0 Å². The third kappa shape index (κ3) is 3.14. The maximum absolute atomic E-state index is 12.6. The lowest BCUT2D eigenvalue weighted by Crippen LogP contribution is -2.25. The molecule has 2 N–H and O–H groups in total. The number of carbonyl (C=O) groups excluding carboxylic acids is 1. The average Bonchev–Trinajstić information content (AvgIpc) is 2.54. The van der Waals surface area contributed by atoms with E-state index in [1.165, 1.54) is 18.2 Å². The van der Waals surface area contributed by atoms with E-state index < -0.39 is 10.0 Å². The molecule has 2 aromatic carbocycles. The summed E-state index contributed by atoms with van der Waals surface area (Å²) >= 11 is 0. The van der Waals surface area contributed by atoms with Crippen molar-refractivity contribution in [3.63, 3.8) is 0 Å². The molecule has 0 bridgehead atoms. The molecule has 0 aliphatic carbocycles. The number of nitrogens with one attached hydrogen (secondary N) is 2. The Labute approximate surface area is 134 Å². The van der Waals surface area contributed by atoms with Crippen LogP contribution in [0.25, 0.3) is 0 Å². The minimum Gasteiger partial charge on any atom is -0.482 e. The lowest BCUT2D eigenvalue weighted by atomic mass is 10.1. The molecular weight excluding hydrogens is 316 g/mol. The van der Waals surface area contributed by atoms with Crippen molar-refractivity contribution in [2.45, 2.75) is 18.2 Å². The van der Waals surface area contributed by atoms with Crippen LogP contribution in [0.5, 0.6) is 5.75 Å². The monoisotopic (exact) mass is 332 g/mol. The molecule has 1 amide bonds. The summed E-state index contributed by atoms with van der Waals surface area (Å²) in [5.74, 6) is 0.147. The van der Waals surface area contributed by atoms with Gasteiger partial charge in [-0.1, -0.05) is 25.1 Å². The standard InChI is InChI=1S/C16H16N2O4S/c1-2-11-5-3-4-6-13(11)18-23(20,21)12-7-8-15-14(9-12)17-16(19)10-22-15/h3-9,18H,2,10H2,1H3,(H,17,19). The molecule has 0 atom stereocenters. The largest absolute Gasteiger partial charge is 0.482 e. The lowest BCUT2D eigenvalue weighted by molar-refractivity contribution is -0.118. The number of fused-ring (bicyclic) bond motifs is 1. The van der Waals surface area contributed by atoms with Gasteiger partial charge in [-0.25, -0.2) is 8.42 Å². The first kappa shape index (κ1) is 15.4. The highest BCUT2D eigenvalue weighted by Gasteiger charge is 2.21. The Kier molecular flexibility index (Phi) is 3.96. The second-order valence-corrected chi connectivity index (χ2v) is 6.79. The number of carbonyl (C=O) groups is 1. The fourth-order valence-electron chi connectivity index (χ4n) is 2.36. The van der Waals surface area contributed by atoms with Crippen molar-refractivity contribution in [1.82, 2.24) is 0 Å². The Hall–Kier alpha value is -2.54. The molecule has 0 unspecified atom stereocenters. The van der Waals surface area contributed by atoms with Crippen LogP contribution in [-0.4, -0.2) is 20.9 Å². The number of hydrogen-bond acceptors (Lipinski definition) is 4. The van der Waals surface area contributed by atoms with Crippen LogP contribution < -0.4 is 14.8 Å². The van der Waals surface area contributed by atoms with E-state index in [1.54, 1.807) is 12.1 Å². The van der Waals surface area contributed by atoms with Gasteiger partial charge in [0.05, 0.1) is 16.3 Å². The molecule has 7 heteroatoms. The summed E-state index contributed by atoms with van der Waals surface area (Å²) in [5.41, 5.74) is 1.81. The molecule has 23 heavy (non-hydrogen) atoms. The SMILES string of the molecule is CCc1ccccc1NS(=O)(=O)c1ccc2c(c1)NC(=O)CO2. The van der Waals surface area contributed by atoms with Crippen LogP contribution in [0.15, 0.2) is 47.4 Å². The van der Waals surface area contributed by atoms with E-state index in [0.29, 0.717) is 23.5 Å². The molecule has 1 heterocycles. The van der Waals surface area contributed by atoms with Crippen molar-refractivity contribution in [3.05, 3.63) is 48.0 Å². The maximum atomic E-state index is 12.6. The molecule has 120 valence electrons. The van der Waals surface area contributed by atoms with E-state index >= 15 is 0 Å². The van der Waals surface area contributed by atoms with Gasteiger partial charge in [0.2, 0.25) is 0 Å². The minimum absolute atomic E-state index is 0.0629. The van der Waals surface area contributed by atoms with E-state index in [-0.39, 0.29) is 17.4 Å². The molecule has 6 nitrogen and oxygen atoms in total. The van der Waals surface area contributed by atoms with Gasteiger partial charge in [-0.05, 0) is 36.2 Å². The molecule has 0 spiro atoms. The molecular formula is C16H16N2O4S. The van der Waals surface area contributed by atoms with E-state index in [4.69, 9.17) is 4.74 Å². The van der Waals surface area contributed by atoms with Crippen LogP contribution in [0.4, 0.5) is 11.4 Å². The van der Waals surface area contributed by atoms with Gasteiger partial charge < -0.3 is 10.1 Å². The van der Waals surface area contributed by atoms with Crippen LogP contribution in [0, 0.1) is 0 Å². The lowest BCUT2D eigenvalue weighted by Gasteiger charge is -2.19. The van der Waals surface area contributed by atoms with Crippen molar-refractivity contribution in [3.8, 4) is 5.75 Å². The van der Waals surface area contributed by atoms with Crippen LogP contribution in [-0.2, 0) is 21.2 Å². The van der Waals surface area contributed by atoms with Crippen molar-refractivity contribution >= 4 is 27.3 Å². The minimum atomic E-state index is -3.75. The quantitative estimate of drug-likeness (QED) is 0.900. The molecule has 0 radical (unpaired) electrons. The highest BCUT2D eigenvalue weighted by atomic mass is 32.2. The number of anilines is 2. The highest BCUT2D eigenvalue weighted by molar-refractivity contribution is 7.92. The van der Waals surface area contributed by atoms with Gasteiger partial charge in [-0.3, -0.25) is 9.52 Å². The van der Waals surface area contributed by atoms with E-state index in [0.717, 1.165) is 5.56 Å². The molecule has 3 rings (SSSR count). The van der Waals surface area contributed by atoms with Crippen LogP contribution >= 0.6 is 0 Å². The Morgan fingerprint density at radius 3 is 2.78 bits per heavy atom. The van der Waals surface area contributed by atoms with Gasteiger partial charge in [0.1, 0.15) is 5.75 Å². The Morgan fingerprint density at radius 1 is 1.22 bits per heavy atom. The number of ether oxygens (including phenoxy) is 1. The topological polar surface area (TPSA) is 84.5 Å². The second-order valence-electron chi connectivity index (χ2n) is 5.11. The number of aryl methyl sites for hydroxylation is 1. The van der Waals surface area contributed by atoms with Crippen LogP contribution in [0.1, 0.15) is 12.5 Å². The van der Waals surface area contributed by atoms with E-state index in [2.05, 4.69) is 10.0 Å². The van der Waals surface area contributed by atoms with Crippen molar-refractivity contribution in [1.29, 1.82) is 0 Å². The van der Waals surface area contributed by atoms with Gasteiger partial charge in [0, 0.05) is 0 Å². The van der Waals surface area contributed by atoms with Crippen molar-refractivity contribution in [2.75, 3.05) is 16.6 Å². The number of sulfonamides is 1. The number of hydrogen-bond donors (Lipinski definition) is 2. The first-order valence-corrected chi connectivity index (χ1v) is 8.65. The zero-order valence-electron chi connectivity index (χ0n) is 12.5. The van der Waals surface area contributed by atoms with Gasteiger partial charge in [-0.2, -0.15) is 0 Å². The van der Waals surface area contributed by atoms with Crippen LogP contribution in [0.3, 0.4) is 0 Å². The molecule has 0 fully saturated rings. The smallest absolute Gasteiger partial charge is 0.262 e. The Morgan fingerprint density at radius 2 is 2.00 bits per heavy atom. The summed E-state index contributed by atoms with van der Waals surface area (Å²) in [6, 6.07) is 11.6. The number of benzene rings is 2. The zero-order chi connectivity index (χ0) is 16.4. The Balaban J connectivity index is 1.94. The fourth-order valence-corrected chi connectivity index (χ4v) is 3.49. The van der Waals surface area contributed by atoms with Gasteiger partial charge in [0.15, 0.2) is 6.61 Å². The van der Waals surface area contributed by atoms with Crippen molar-refractivity contribution < 1.29 is 17.9 Å². The highest BCUT2D eigenvalue weighted by Crippen LogP contribution is 2.31. The maximum Gasteiger partial charge on any atom is 0.262 e. The predicted molar refractivity (Wildman–Crippen MR) is 87.2 cm³/mol. The van der Waals surface area contributed by atoms with Crippen molar-refractivity contribution in [2.24, 2.45) is 0 Å².